The van der Waals surface area contributed by atoms with E-state index >= 15 is 0 Å². The summed E-state index contributed by atoms with van der Waals surface area (Å²) >= 11 is 5.20. The van der Waals surface area contributed by atoms with Crippen LogP contribution in [0.15, 0.2) is 22.7 Å². The van der Waals surface area contributed by atoms with Crippen molar-refractivity contribution in [3.8, 4) is 0 Å². The first-order valence-corrected chi connectivity index (χ1v) is 7.55. The number of carbonyl (C=O) groups excluding carboxylic acids is 1. The molecule has 1 aromatic carbocycles. The van der Waals surface area contributed by atoms with Crippen LogP contribution in [0.25, 0.3) is 0 Å². The molecule has 4 nitrogen and oxygen atoms in total. The molecule has 1 aliphatic rings. The first-order valence-electron chi connectivity index (χ1n) is 5.60. The van der Waals surface area contributed by atoms with Crippen LogP contribution >= 0.6 is 27.7 Å². The minimum atomic E-state index is -0.107. The predicted octanol–water partition coefficient (Wildman–Crippen LogP) is 2.20. The van der Waals surface area contributed by atoms with E-state index in [1.165, 1.54) is 0 Å². The summed E-state index contributed by atoms with van der Waals surface area (Å²) < 4.78 is 6.10. The van der Waals surface area contributed by atoms with Crippen molar-refractivity contribution in [2.45, 2.75) is 12.6 Å². The summed E-state index contributed by atoms with van der Waals surface area (Å²) in [6.45, 7) is 0.462. The fourth-order valence-corrected chi connectivity index (χ4v) is 3.17. The average Bonchev–Trinajstić information content (AvgIpc) is 2.87. The monoisotopic (exact) mass is 330 g/mol. The zero-order valence-corrected chi connectivity index (χ0v) is 12.4. The molecule has 2 N–H and O–H groups in total. The Hall–Kier alpha value is -0.560. The smallest absolute Gasteiger partial charge is 0.242 e. The Kier molecular flexibility index (Phi) is 5.05. The van der Waals surface area contributed by atoms with Crippen LogP contribution in [0.1, 0.15) is 5.56 Å². The molecule has 1 amide bonds. The second-order valence-corrected chi connectivity index (χ2v) is 5.84. The van der Waals surface area contributed by atoms with Crippen molar-refractivity contribution in [3.05, 3.63) is 28.2 Å². The second kappa shape index (κ2) is 6.56. The lowest BCUT2D eigenvalue weighted by molar-refractivity contribution is -0.117. The lowest BCUT2D eigenvalue weighted by atomic mass is 10.2. The fraction of sp³-hybridized carbons (Fsp3) is 0.417. The number of thioether (sulfide) groups is 1. The van der Waals surface area contributed by atoms with Crippen molar-refractivity contribution in [2.24, 2.45) is 0 Å². The van der Waals surface area contributed by atoms with Gasteiger partial charge in [-0.15, -0.1) is 11.8 Å². The van der Waals surface area contributed by atoms with Crippen LogP contribution in [0.3, 0.4) is 0 Å². The quantitative estimate of drug-likeness (QED) is 0.888. The van der Waals surface area contributed by atoms with Gasteiger partial charge in [0, 0.05) is 34.5 Å². The Balaban J connectivity index is 2.12. The van der Waals surface area contributed by atoms with Crippen molar-refractivity contribution in [1.82, 2.24) is 5.32 Å². The fourth-order valence-electron chi connectivity index (χ4n) is 1.75. The number of benzene rings is 1. The van der Waals surface area contributed by atoms with Crippen LogP contribution in [0, 0.1) is 0 Å². The highest BCUT2D eigenvalue weighted by Crippen LogP contribution is 2.26. The molecule has 1 aromatic rings. The van der Waals surface area contributed by atoms with Crippen molar-refractivity contribution in [1.29, 1.82) is 0 Å². The standard InChI is InChI=1S/C12H15BrN2O2S/c1-17-5-8-9(13)3-2-4-10(8)15-12(16)11-6-18-7-14-11/h2-4,11,14H,5-7H2,1H3,(H,15,16). The minimum Gasteiger partial charge on any atom is -0.380 e. The number of halogens is 1. The maximum Gasteiger partial charge on any atom is 0.242 e. The van der Waals surface area contributed by atoms with Gasteiger partial charge < -0.3 is 10.1 Å². The molecule has 1 aliphatic heterocycles. The molecule has 0 saturated carbocycles. The van der Waals surface area contributed by atoms with Gasteiger partial charge in [-0.1, -0.05) is 22.0 Å². The number of carbonyl (C=O) groups is 1. The molecule has 0 bridgehead atoms. The van der Waals surface area contributed by atoms with Gasteiger partial charge in [0.2, 0.25) is 5.91 Å². The molecular formula is C12H15BrN2O2S. The number of ether oxygens (including phenoxy) is 1. The van der Waals surface area contributed by atoms with Gasteiger partial charge in [0.15, 0.2) is 0 Å². The molecule has 1 fully saturated rings. The summed E-state index contributed by atoms with van der Waals surface area (Å²) in [5.41, 5.74) is 1.76. The third-order valence-corrected chi connectivity index (χ3v) is 4.38. The Morgan fingerprint density at radius 1 is 1.67 bits per heavy atom. The van der Waals surface area contributed by atoms with Crippen LogP contribution in [0.2, 0.25) is 0 Å². The van der Waals surface area contributed by atoms with Crippen LogP contribution in [-0.2, 0) is 16.1 Å². The second-order valence-electron chi connectivity index (χ2n) is 3.96. The summed E-state index contributed by atoms with van der Waals surface area (Å²) in [6.07, 6.45) is 0. The van der Waals surface area contributed by atoms with Crippen molar-refractivity contribution in [3.63, 3.8) is 0 Å². The number of amides is 1. The van der Waals surface area contributed by atoms with E-state index in [4.69, 9.17) is 4.74 Å². The molecule has 2 rings (SSSR count). The molecule has 1 heterocycles. The average molecular weight is 331 g/mol. The largest absolute Gasteiger partial charge is 0.380 e. The summed E-state index contributed by atoms with van der Waals surface area (Å²) in [5.74, 6) is 1.66. The third-order valence-electron chi connectivity index (χ3n) is 2.70. The summed E-state index contributed by atoms with van der Waals surface area (Å²) in [4.78, 5) is 12.0. The highest BCUT2D eigenvalue weighted by Gasteiger charge is 2.23. The van der Waals surface area contributed by atoms with Gasteiger partial charge >= 0.3 is 0 Å². The summed E-state index contributed by atoms with van der Waals surface area (Å²) in [5, 5.41) is 6.10. The Bertz CT molecular complexity index is 436. The molecule has 18 heavy (non-hydrogen) atoms. The molecule has 1 saturated heterocycles. The molecule has 0 aromatic heterocycles. The first kappa shape index (κ1) is 13.9. The maximum absolute atomic E-state index is 12.0. The van der Waals surface area contributed by atoms with E-state index in [-0.39, 0.29) is 11.9 Å². The van der Waals surface area contributed by atoms with Crippen molar-refractivity contribution in [2.75, 3.05) is 24.1 Å². The zero-order chi connectivity index (χ0) is 13.0. The van der Waals surface area contributed by atoms with Gasteiger partial charge in [0.25, 0.3) is 0 Å². The minimum absolute atomic E-state index is 0.00968. The molecule has 98 valence electrons. The highest BCUT2D eigenvalue weighted by molar-refractivity contribution is 9.10. The highest BCUT2D eigenvalue weighted by atomic mass is 79.9. The van der Waals surface area contributed by atoms with Gasteiger partial charge in [0.1, 0.15) is 0 Å². The summed E-state index contributed by atoms with van der Waals surface area (Å²) in [6, 6.07) is 5.62. The number of anilines is 1. The van der Waals surface area contributed by atoms with Crippen molar-refractivity contribution >= 4 is 39.3 Å². The first-order chi connectivity index (χ1) is 8.72. The van der Waals surface area contributed by atoms with Gasteiger partial charge in [0.05, 0.1) is 12.6 Å². The van der Waals surface area contributed by atoms with E-state index in [1.807, 2.05) is 18.2 Å². The van der Waals surface area contributed by atoms with Gasteiger partial charge in [-0.3, -0.25) is 10.1 Å². The number of hydrogen-bond donors (Lipinski definition) is 2. The van der Waals surface area contributed by atoms with E-state index in [0.717, 1.165) is 27.4 Å². The maximum atomic E-state index is 12.0. The number of nitrogens with one attached hydrogen (secondary N) is 2. The number of rotatable bonds is 4. The van der Waals surface area contributed by atoms with Crippen LogP contribution in [0.5, 0.6) is 0 Å². The Morgan fingerprint density at radius 2 is 2.50 bits per heavy atom. The predicted molar refractivity (Wildman–Crippen MR) is 77.7 cm³/mol. The normalized spacial score (nSPS) is 18.9. The Labute approximate surface area is 119 Å². The van der Waals surface area contributed by atoms with Crippen LogP contribution in [-0.4, -0.2) is 30.7 Å². The number of methoxy groups -OCH3 is 1. The SMILES string of the molecule is COCc1c(Br)cccc1NC(=O)C1CSCN1. The van der Waals surface area contributed by atoms with E-state index in [2.05, 4.69) is 26.6 Å². The Morgan fingerprint density at radius 3 is 3.17 bits per heavy atom. The lowest BCUT2D eigenvalue weighted by Crippen LogP contribution is -2.37. The molecular weight excluding hydrogens is 316 g/mol. The molecule has 1 unspecified atom stereocenters. The van der Waals surface area contributed by atoms with Gasteiger partial charge in [-0.2, -0.15) is 0 Å². The molecule has 0 spiro atoms. The summed E-state index contributed by atoms with van der Waals surface area (Å²) in [7, 11) is 1.64. The molecule has 0 aliphatic carbocycles. The zero-order valence-electron chi connectivity index (χ0n) is 10.0. The van der Waals surface area contributed by atoms with E-state index in [9.17, 15) is 4.79 Å². The third kappa shape index (κ3) is 3.26. The van der Waals surface area contributed by atoms with Crippen molar-refractivity contribution < 1.29 is 9.53 Å². The molecule has 1 atom stereocenters. The molecule has 6 heteroatoms. The van der Waals surface area contributed by atoms with Crippen LogP contribution < -0.4 is 10.6 Å². The van der Waals surface area contributed by atoms with E-state index in [1.54, 1.807) is 18.9 Å². The number of hydrogen-bond acceptors (Lipinski definition) is 4. The van der Waals surface area contributed by atoms with E-state index < -0.39 is 0 Å². The van der Waals surface area contributed by atoms with Gasteiger partial charge in [-0.25, -0.2) is 0 Å². The topological polar surface area (TPSA) is 50.4 Å². The molecule has 0 radical (unpaired) electrons. The van der Waals surface area contributed by atoms with Crippen LogP contribution in [0.4, 0.5) is 5.69 Å². The lowest BCUT2D eigenvalue weighted by Gasteiger charge is -2.14. The van der Waals surface area contributed by atoms with Gasteiger partial charge in [-0.05, 0) is 12.1 Å². The van der Waals surface area contributed by atoms with E-state index in [0.29, 0.717) is 6.61 Å².